The number of nitrogens with one attached hydrogen (secondary N) is 2. The van der Waals surface area contributed by atoms with Gasteiger partial charge in [-0.2, -0.15) is 5.10 Å². The van der Waals surface area contributed by atoms with Crippen LogP contribution in [-0.2, 0) is 9.84 Å². The van der Waals surface area contributed by atoms with E-state index in [4.69, 9.17) is 4.74 Å². The van der Waals surface area contributed by atoms with E-state index in [-0.39, 0.29) is 17.5 Å². The number of pyridine rings is 1. The van der Waals surface area contributed by atoms with Crippen molar-refractivity contribution >= 4 is 26.9 Å². The monoisotopic (exact) mass is 523 g/mol. The van der Waals surface area contributed by atoms with Crippen LogP contribution >= 0.6 is 0 Å². The van der Waals surface area contributed by atoms with Crippen molar-refractivity contribution < 1.29 is 17.5 Å². The van der Waals surface area contributed by atoms with Crippen molar-refractivity contribution in [3.8, 4) is 29.4 Å². The summed E-state index contributed by atoms with van der Waals surface area (Å²) in [6.45, 7) is 3.24. The lowest BCUT2D eigenvalue weighted by Gasteiger charge is -2.33. The van der Waals surface area contributed by atoms with Gasteiger partial charge in [-0.3, -0.25) is 0 Å². The Labute approximate surface area is 217 Å². The second-order valence-corrected chi connectivity index (χ2v) is 10.9. The molecule has 194 valence electrons. The van der Waals surface area contributed by atoms with Gasteiger partial charge < -0.3 is 20.3 Å². The molecule has 3 heterocycles. The number of aromatic nitrogens is 2. The fourth-order valence-corrected chi connectivity index (χ4v) is 4.88. The van der Waals surface area contributed by atoms with Crippen LogP contribution in [0.5, 0.6) is 5.75 Å². The lowest BCUT2D eigenvalue weighted by atomic mass is 10.0. The summed E-state index contributed by atoms with van der Waals surface area (Å²) >= 11 is 0. The predicted molar refractivity (Wildman–Crippen MR) is 144 cm³/mol. The lowest BCUT2D eigenvalue weighted by Crippen LogP contribution is -2.46. The van der Waals surface area contributed by atoms with Crippen molar-refractivity contribution in [1.82, 2.24) is 14.5 Å². The van der Waals surface area contributed by atoms with Gasteiger partial charge in [0.1, 0.15) is 17.7 Å². The van der Waals surface area contributed by atoms with Crippen LogP contribution in [0.25, 0.3) is 5.52 Å². The van der Waals surface area contributed by atoms with E-state index >= 15 is 0 Å². The van der Waals surface area contributed by atoms with Gasteiger partial charge in [0.05, 0.1) is 41.4 Å². The maximum absolute atomic E-state index is 14.6. The molecular weight excluding hydrogens is 493 g/mol. The van der Waals surface area contributed by atoms with E-state index in [9.17, 15) is 12.8 Å². The second kappa shape index (κ2) is 11.1. The fourth-order valence-electron chi connectivity index (χ4n) is 4.24. The molecule has 0 amide bonds. The van der Waals surface area contributed by atoms with Crippen LogP contribution < -0.4 is 15.4 Å². The molecule has 2 N–H and O–H groups in total. The van der Waals surface area contributed by atoms with E-state index in [1.165, 1.54) is 19.2 Å². The molecule has 2 aromatic heterocycles. The van der Waals surface area contributed by atoms with Gasteiger partial charge in [-0.1, -0.05) is 17.9 Å². The number of rotatable bonds is 6. The normalized spacial score (nSPS) is 17.9. The number of alkyl halides is 1. The van der Waals surface area contributed by atoms with Crippen LogP contribution in [0.1, 0.15) is 24.6 Å². The summed E-state index contributed by atoms with van der Waals surface area (Å²) in [5.41, 5.74) is 2.63. The van der Waals surface area contributed by atoms with E-state index in [0.717, 1.165) is 18.3 Å². The van der Waals surface area contributed by atoms with Crippen molar-refractivity contribution in [2.24, 2.45) is 0 Å². The van der Waals surface area contributed by atoms with Crippen molar-refractivity contribution in [3.63, 3.8) is 0 Å². The molecule has 0 radical (unpaired) electrons. The van der Waals surface area contributed by atoms with Gasteiger partial charge in [-0.15, -0.1) is 5.92 Å². The average molecular weight is 524 g/mol. The minimum absolute atomic E-state index is 0.178. The van der Waals surface area contributed by atoms with Crippen LogP contribution in [0.2, 0.25) is 0 Å². The van der Waals surface area contributed by atoms with Crippen LogP contribution in [-0.4, -0.2) is 75.2 Å². The number of methoxy groups -OCH3 is 1. The van der Waals surface area contributed by atoms with Crippen LogP contribution in [0.15, 0.2) is 41.3 Å². The Morgan fingerprint density at radius 2 is 2.05 bits per heavy atom. The Hall–Kier alpha value is -3.73. The molecule has 4 rings (SSSR count). The zero-order valence-corrected chi connectivity index (χ0v) is 22.1. The van der Waals surface area contributed by atoms with Crippen LogP contribution in [0.3, 0.4) is 0 Å². The van der Waals surface area contributed by atoms with Crippen molar-refractivity contribution in [2.45, 2.75) is 30.5 Å². The summed E-state index contributed by atoms with van der Waals surface area (Å²) in [6, 6.07) is 10.0. The number of likely N-dealkylation sites (tertiary alicyclic amines) is 1. The maximum atomic E-state index is 14.6. The highest BCUT2D eigenvalue weighted by Gasteiger charge is 2.28. The molecule has 1 aromatic carbocycles. The first-order valence-corrected chi connectivity index (χ1v) is 13.7. The number of piperidine rings is 1. The Morgan fingerprint density at radius 3 is 2.76 bits per heavy atom. The highest BCUT2D eigenvalue weighted by molar-refractivity contribution is 7.90. The third-order valence-electron chi connectivity index (χ3n) is 6.16. The molecule has 1 aliphatic rings. The molecule has 8 nitrogen and oxygen atoms in total. The molecule has 1 aliphatic heterocycles. The summed E-state index contributed by atoms with van der Waals surface area (Å²) < 4.78 is 45.3. The molecule has 0 aliphatic carbocycles. The maximum Gasteiger partial charge on any atom is 0.175 e. The zero-order valence-electron chi connectivity index (χ0n) is 21.3. The van der Waals surface area contributed by atoms with E-state index in [1.54, 1.807) is 17.5 Å². The third-order valence-corrected chi connectivity index (χ3v) is 7.27. The number of fused-ring (bicyclic) bond motifs is 1. The summed E-state index contributed by atoms with van der Waals surface area (Å²) in [6.07, 6.45) is 0.869. The second-order valence-electron chi connectivity index (χ2n) is 8.91. The van der Waals surface area contributed by atoms with Crippen LogP contribution in [0, 0.1) is 23.7 Å². The largest absolute Gasteiger partial charge is 0.495 e. The van der Waals surface area contributed by atoms with Gasteiger partial charge in [-0.05, 0) is 50.6 Å². The molecule has 0 saturated carbocycles. The van der Waals surface area contributed by atoms with Gasteiger partial charge in [0.15, 0.2) is 15.5 Å². The first-order valence-electron chi connectivity index (χ1n) is 11.9. The van der Waals surface area contributed by atoms with Gasteiger partial charge in [0, 0.05) is 25.4 Å². The smallest absolute Gasteiger partial charge is 0.175 e. The number of anilines is 2. The Kier molecular flexibility index (Phi) is 7.91. The summed E-state index contributed by atoms with van der Waals surface area (Å²) in [7, 11) is 0.0605. The SMILES string of the molecule is CC#Cc1c(C#CCNc2ccc(S(C)(=O)=O)cc2OC)nn2c(N[C@@H]3CCN(C)C[C@@H]3F)cccc12. The fraction of sp³-hybridized carbons (Fsp3) is 0.370. The highest BCUT2D eigenvalue weighted by Crippen LogP contribution is 2.27. The first-order chi connectivity index (χ1) is 17.7. The van der Waals surface area contributed by atoms with Crippen molar-refractivity contribution in [3.05, 3.63) is 47.7 Å². The van der Waals surface area contributed by atoms with Crippen molar-refractivity contribution in [1.29, 1.82) is 0 Å². The molecule has 0 bridgehead atoms. The quantitative estimate of drug-likeness (QED) is 0.480. The number of hydrogen-bond acceptors (Lipinski definition) is 7. The summed E-state index contributed by atoms with van der Waals surface area (Å²) in [5.74, 6) is 13.3. The number of halogens is 1. The van der Waals surface area contributed by atoms with E-state index in [1.807, 2.05) is 30.1 Å². The van der Waals surface area contributed by atoms with Gasteiger partial charge in [-0.25, -0.2) is 17.3 Å². The molecule has 3 aromatic rings. The minimum Gasteiger partial charge on any atom is -0.495 e. The Balaban J connectivity index is 1.57. The number of nitrogens with zero attached hydrogens (tertiary/aromatic N) is 3. The molecule has 1 fully saturated rings. The van der Waals surface area contributed by atoms with Crippen LogP contribution in [0.4, 0.5) is 15.9 Å². The van der Waals surface area contributed by atoms with Crippen molar-refractivity contribution in [2.75, 3.05) is 50.7 Å². The molecular formula is C27H30FN5O3S. The first kappa shape index (κ1) is 26.3. The average Bonchev–Trinajstić information content (AvgIpc) is 3.21. The highest BCUT2D eigenvalue weighted by atomic mass is 32.2. The molecule has 0 unspecified atom stereocenters. The van der Waals surface area contributed by atoms with E-state index in [0.29, 0.717) is 41.5 Å². The lowest BCUT2D eigenvalue weighted by molar-refractivity contribution is 0.149. The van der Waals surface area contributed by atoms with Gasteiger partial charge in [0.25, 0.3) is 0 Å². The zero-order chi connectivity index (χ0) is 26.6. The molecule has 10 heteroatoms. The van der Waals surface area contributed by atoms with Gasteiger partial charge >= 0.3 is 0 Å². The topological polar surface area (TPSA) is 88.0 Å². The Bertz CT molecular complexity index is 1530. The predicted octanol–water partition coefficient (Wildman–Crippen LogP) is 3.04. The number of ether oxygens (including phenoxy) is 1. The van der Waals surface area contributed by atoms with E-state index < -0.39 is 16.0 Å². The summed E-state index contributed by atoms with van der Waals surface area (Å²) in [4.78, 5) is 2.17. The molecule has 37 heavy (non-hydrogen) atoms. The number of sulfone groups is 1. The minimum atomic E-state index is -3.34. The number of benzene rings is 1. The van der Waals surface area contributed by atoms with E-state index in [2.05, 4.69) is 39.4 Å². The Morgan fingerprint density at radius 1 is 1.24 bits per heavy atom. The standard InChI is InChI=1S/C27H30FN5O3S/c1-5-8-20-22(9-7-15-29-24-13-12-19(37(4,34)35)17-26(24)36-3)31-33-25(20)10-6-11-27(33)30-23-14-16-32(2)18-21(23)28/h6,10-13,17,21,23,29-30H,14-16,18H2,1-4H3/t21-,23+/m0/s1. The molecule has 0 spiro atoms. The molecule has 1 saturated heterocycles. The molecule has 2 atom stereocenters. The van der Waals surface area contributed by atoms with Gasteiger partial charge in [0.2, 0.25) is 0 Å². The third kappa shape index (κ3) is 5.99. The number of hydrogen-bond donors (Lipinski definition) is 2. The summed E-state index contributed by atoms with van der Waals surface area (Å²) in [5, 5.41) is 11.2.